The molecule has 122 valence electrons. The van der Waals surface area contributed by atoms with E-state index in [0.717, 1.165) is 28.1 Å². The lowest BCUT2D eigenvalue weighted by Crippen LogP contribution is -2.28. The number of carbonyl (C=O) groups is 1. The first kappa shape index (κ1) is 16.9. The molecule has 0 unspecified atom stereocenters. The largest absolute Gasteiger partial charge is 0.324 e. The molecule has 1 N–H and O–H groups in total. The van der Waals surface area contributed by atoms with Crippen LogP contribution in [0.3, 0.4) is 0 Å². The molecule has 0 radical (unpaired) electrons. The Bertz CT molecular complexity index is 768. The fraction of sp³-hybridized carbons (Fsp3) is 0.389. The first-order chi connectivity index (χ1) is 10.8. The van der Waals surface area contributed by atoms with Crippen molar-refractivity contribution in [2.75, 3.05) is 5.32 Å². The van der Waals surface area contributed by atoms with Gasteiger partial charge in [0.2, 0.25) is 5.91 Å². The van der Waals surface area contributed by atoms with Gasteiger partial charge in [-0.15, -0.1) is 0 Å². The lowest BCUT2D eigenvalue weighted by molar-refractivity contribution is -0.116. The molecule has 0 aliphatic heterocycles. The topological polar surface area (TPSA) is 64.0 Å². The lowest BCUT2D eigenvalue weighted by atomic mass is 10.1. The molecule has 1 aromatic carbocycles. The molecule has 23 heavy (non-hydrogen) atoms. The molecule has 0 fully saturated rings. The third kappa shape index (κ3) is 4.06. The van der Waals surface area contributed by atoms with Crippen molar-refractivity contribution in [3.05, 3.63) is 57.3 Å². The Hall–Kier alpha value is -2.43. The van der Waals surface area contributed by atoms with Gasteiger partial charge in [-0.2, -0.15) is 0 Å². The van der Waals surface area contributed by atoms with E-state index in [9.17, 15) is 9.59 Å². The third-order valence-electron chi connectivity index (χ3n) is 3.75. The summed E-state index contributed by atoms with van der Waals surface area (Å²) >= 11 is 0. The number of aryl methyl sites for hydroxylation is 3. The summed E-state index contributed by atoms with van der Waals surface area (Å²) < 4.78 is 1.32. The van der Waals surface area contributed by atoms with Crippen molar-refractivity contribution in [3.8, 4) is 0 Å². The molecule has 2 aromatic rings. The maximum absolute atomic E-state index is 12.2. The van der Waals surface area contributed by atoms with Crippen LogP contribution in [0.4, 0.5) is 5.69 Å². The fourth-order valence-corrected chi connectivity index (χ4v) is 2.59. The van der Waals surface area contributed by atoms with Crippen LogP contribution in [0.25, 0.3) is 0 Å². The normalized spacial score (nSPS) is 10.9. The number of aromatic nitrogens is 2. The summed E-state index contributed by atoms with van der Waals surface area (Å²) in [6.07, 6.45) is 1.44. The summed E-state index contributed by atoms with van der Waals surface area (Å²) in [6, 6.07) is 5.53. The highest BCUT2D eigenvalue weighted by Crippen LogP contribution is 2.21. The molecule has 1 aromatic heterocycles. The molecule has 0 spiro atoms. The van der Waals surface area contributed by atoms with Gasteiger partial charge in [-0.05, 0) is 37.8 Å². The number of anilines is 1. The number of nitrogens with zero attached hydrogens (tertiary/aromatic N) is 2. The van der Waals surface area contributed by atoms with Gasteiger partial charge in [-0.1, -0.05) is 31.5 Å². The van der Waals surface area contributed by atoms with Crippen molar-refractivity contribution in [2.45, 2.75) is 47.1 Å². The zero-order valence-electron chi connectivity index (χ0n) is 14.3. The predicted molar refractivity (Wildman–Crippen MR) is 91.9 cm³/mol. The summed E-state index contributed by atoms with van der Waals surface area (Å²) in [5, 5.41) is 2.89. The molecular weight excluding hydrogens is 290 g/mol. The average molecular weight is 313 g/mol. The first-order valence-corrected chi connectivity index (χ1v) is 7.72. The van der Waals surface area contributed by atoms with Crippen molar-refractivity contribution >= 4 is 11.6 Å². The maximum Gasteiger partial charge on any atom is 0.254 e. The van der Waals surface area contributed by atoms with E-state index in [1.807, 2.05) is 46.8 Å². The van der Waals surface area contributed by atoms with Crippen LogP contribution in [0.2, 0.25) is 0 Å². The van der Waals surface area contributed by atoms with Gasteiger partial charge in [-0.25, -0.2) is 4.98 Å². The Morgan fingerprint density at radius 2 is 1.78 bits per heavy atom. The maximum atomic E-state index is 12.2. The molecule has 5 nitrogen and oxygen atoms in total. The molecule has 0 aliphatic carbocycles. The van der Waals surface area contributed by atoms with Gasteiger partial charge in [0.25, 0.3) is 5.56 Å². The quantitative estimate of drug-likeness (QED) is 0.944. The van der Waals surface area contributed by atoms with Gasteiger partial charge in [0.15, 0.2) is 0 Å². The van der Waals surface area contributed by atoms with E-state index in [1.165, 1.54) is 17.0 Å². The second-order valence-electron chi connectivity index (χ2n) is 6.26. The van der Waals surface area contributed by atoms with E-state index in [0.29, 0.717) is 0 Å². The highest BCUT2D eigenvalue weighted by molar-refractivity contribution is 5.92. The minimum atomic E-state index is -0.235. The average Bonchev–Trinajstić information content (AvgIpc) is 2.44. The smallest absolute Gasteiger partial charge is 0.254 e. The van der Waals surface area contributed by atoms with E-state index in [1.54, 1.807) is 0 Å². The highest BCUT2D eigenvalue weighted by Gasteiger charge is 2.11. The zero-order valence-corrected chi connectivity index (χ0v) is 14.3. The van der Waals surface area contributed by atoms with Gasteiger partial charge in [-0.3, -0.25) is 14.2 Å². The number of carbonyl (C=O) groups excluding carboxylic acids is 1. The van der Waals surface area contributed by atoms with Crippen molar-refractivity contribution in [1.82, 2.24) is 9.55 Å². The number of amides is 1. The number of nitrogens with one attached hydrogen (secondary N) is 1. The SMILES string of the molecule is Cc1cc(C)c(NC(=O)Cn2cnc(C(C)C)cc2=O)c(C)c1. The summed E-state index contributed by atoms with van der Waals surface area (Å²) in [6.45, 7) is 9.84. The Morgan fingerprint density at radius 1 is 1.17 bits per heavy atom. The number of rotatable bonds is 4. The molecular formula is C18H23N3O2. The van der Waals surface area contributed by atoms with E-state index in [4.69, 9.17) is 0 Å². The van der Waals surface area contributed by atoms with Crippen molar-refractivity contribution in [2.24, 2.45) is 0 Å². The Labute approximate surface area is 136 Å². The minimum Gasteiger partial charge on any atom is -0.324 e. The summed E-state index contributed by atoms with van der Waals surface area (Å²) in [5.41, 5.74) is 4.50. The number of hydrogen-bond acceptors (Lipinski definition) is 3. The molecule has 0 bridgehead atoms. The van der Waals surface area contributed by atoms with Crippen molar-refractivity contribution in [1.29, 1.82) is 0 Å². The van der Waals surface area contributed by atoms with E-state index in [2.05, 4.69) is 10.3 Å². The van der Waals surface area contributed by atoms with Crippen LogP contribution in [0.1, 0.15) is 42.1 Å². The molecule has 0 aliphatic rings. The third-order valence-corrected chi connectivity index (χ3v) is 3.75. The van der Waals surface area contributed by atoms with Crippen LogP contribution in [-0.2, 0) is 11.3 Å². The fourth-order valence-electron chi connectivity index (χ4n) is 2.59. The highest BCUT2D eigenvalue weighted by atomic mass is 16.2. The lowest BCUT2D eigenvalue weighted by Gasteiger charge is -2.13. The van der Waals surface area contributed by atoms with Crippen LogP contribution >= 0.6 is 0 Å². The monoisotopic (exact) mass is 313 g/mol. The molecule has 1 heterocycles. The Kier molecular flexibility index (Phi) is 4.98. The minimum absolute atomic E-state index is 0.0447. The van der Waals surface area contributed by atoms with Crippen molar-refractivity contribution < 1.29 is 4.79 Å². The number of benzene rings is 1. The predicted octanol–water partition coefficient (Wildman–Crippen LogP) is 2.93. The standard InChI is InChI=1S/C18H23N3O2/c1-11(2)15-8-17(23)21(10-19-15)9-16(22)20-18-13(4)6-12(3)7-14(18)5/h6-8,10-11H,9H2,1-5H3,(H,20,22). The summed E-state index contributed by atoms with van der Waals surface area (Å²) in [4.78, 5) is 28.5. The number of hydrogen-bond donors (Lipinski definition) is 1. The first-order valence-electron chi connectivity index (χ1n) is 7.72. The van der Waals surface area contributed by atoms with Crippen LogP contribution in [0, 0.1) is 20.8 Å². The summed E-state index contributed by atoms with van der Waals surface area (Å²) in [5.74, 6) is -0.0507. The Morgan fingerprint density at radius 3 is 2.30 bits per heavy atom. The van der Waals surface area contributed by atoms with Gasteiger partial charge >= 0.3 is 0 Å². The van der Waals surface area contributed by atoms with E-state index < -0.39 is 0 Å². The molecule has 1 amide bonds. The van der Waals surface area contributed by atoms with Gasteiger partial charge in [0.05, 0.1) is 12.0 Å². The second-order valence-corrected chi connectivity index (χ2v) is 6.26. The second kappa shape index (κ2) is 6.77. The van der Waals surface area contributed by atoms with E-state index in [-0.39, 0.29) is 23.9 Å². The molecule has 5 heteroatoms. The molecule has 0 atom stereocenters. The van der Waals surface area contributed by atoms with Crippen LogP contribution in [0.5, 0.6) is 0 Å². The van der Waals surface area contributed by atoms with Gasteiger partial charge in [0, 0.05) is 11.8 Å². The van der Waals surface area contributed by atoms with Crippen LogP contribution < -0.4 is 10.9 Å². The van der Waals surface area contributed by atoms with Crippen LogP contribution in [-0.4, -0.2) is 15.5 Å². The molecule has 2 rings (SSSR count). The zero-order chi connectivity index (χ0) is 17.1. The molecule has 0 saturated heterocycles. The van der Waals surface area contributed by atoms with Crippen LogP contribution in [0.15, 0.2) is 29.3 Å². The van der Waals surface area contributed by atoms with E-state index >= 15 is 0 Å². The van der Waals surface area contributed by atoms with Gasteiger partial charge in [0.1, 0.15) is 6.54 Å². The van der Waals surface area contributed by atoms with Gasteiger partial charge < -0.3 is 5.32 Å². The molecule has 0 saturated carbocycles. The van der Waals surface area contributed by atoms with Crippen molar-refractivity contribution in [3.63, 3.8) is 0 Å². The Balaban J connectivity index is 2.16. The summed E-state index contributed by atoms with van der Waals surface area (Å²) in [7, 11) is 0.